The highest BCUT2D eigenvalue weighted by molar-refractivity contribution is 5.36. The monoisotopic (exact) mass is 291 g/mol. The van der Waals surface area contributed by atoms with Crippen LogP contribution in [0.4, 0.5) is 0 Å². The molecule has 3 rings (SSSR count). The molecule has 1 N–H and O–H groups in total. The van der Waals surface area contributed by atoms with E-state index in [2.05, 4.69) is 17.0 Å². The summed E-state index contributed by atoms with van der Waals surface area (Å²) in [7, 11) is 0. The largest absolute Gasteiger partial charge is 0.387 e. The Hall–Kier alpha value is -0.940. The third kappa shape index (κ3) is 3.29. The summed E-state index contributed by atoms with van der Waals surface area (Å²) >= 11 is 0. The maximum atomic E-state index is 10.5. The predicted octanol–water partition coefficient (Wildman–Crippen LogP) is 1.77. The molecule has 4 nitrogen and oxygen atoms in total. The smallest absolute Gasteiger partial charge is 0.0951 e. The lowest BCUT2D eigenvalue weighted by atomic mass is 10.1. The first-order chi connectivity index (χ1) is 10.3. The van der Waals surface area contributed by atoms with Gasteiger partial charge in [0.15, 0.2) is 0 Å². The van der Waals surface area contributed by atoms with Gasteiger partial charge in [-0.25, -0.2) is 0 Å². The molecular weight excluding hydrogens is 266 g/mol. The second-order valence-electron chi connectivity index (χ2n) is 5.89. The van der Waals surface area contributed by atoms with E-state index in [1.54, 1.807) is 0 Å². The van der Waals surface area contributed by atoms with Crippen molar-refractivity contribution in [3.8, 4) is 0 Å². The van der Waals surface area contributed by atoms with E-state index in [1.807, 2.05) is 19.1 Å². The molecule has 1 saturated heterocycles. The number of nitrogens with zero attached hydrogens (tertiary/aromatic N) is 1. The molecule has 0 bridgehead atoms. The minimum atomic E-state index is -0.358. The number of ether oxygens (including phenoxy) is 2. The van der Waals surface area contributed by atoms with Crippen LogP contribution in [0.1, 0.15) is 30.6 Å². The molecule has 3 atom stereocenters. The molecule has 0 aromatic heterocycles. The first-order valence-electron chi connectivity index (χ1n) is 7.99. The van der Waals surface area contributed by atoms with Crippen molar-refractivity contribution in [1.29, 1.82) is 0 Å². The zero-order chi connectivity index (χ0) is 14.7. The number of aliphatic hydroxyl groups excluding tert-OH is 1. The molecule has 0 amide bonds. The topological polar surface area (TPSA) is 41.9 Å². The van der Waals surface area contributed by atoms with Crippen molar-refractivity contribution in [3.63, 3.8) is 0 Å². The van der Waals surface area contributed by atoms with Gasteiger partial charge in [-0.15, -0.1) is 0 Å². The van der Waals surface area contributed by atoms with Crippen molar-refractivity contribution in [2.45, 2.75) is 38.0 Å². The van der Waals surface area contributed by atoms with Crippen LogP contribution in [-0.4, -0.2) is 55.1 Å². The highest BCUT2D eigenvalue weighted by Gasteiger charge is 2.38. The van der Waals surface area contributed by atoms with E-state index in [1.165, 1.54) is 5.56 Å². The minimum Gasteiger partial charge on any atom is -0.387 e. The lowest BCUT2D eigenvalue weighted by Crippen LogP contribution is -2.37. The highest BCUT2D eigenvalue weighted by Crippen LogP contribution is 2.35. The van der Waals surface area contributed by atoms with Crippen molar-refractivity contribution >= 4 is 0 Å². The number of likely N-dealkylation sites (tertiary alicyclic amines) is 1. The fraction of sp³-hybridized carbons (Fsp3) is 0.647. The van der Waals surface area contributed by atoms with Gasteiger partial charge in [0.05, 0.1) is 25.4 Å². The summed E-state index contributed by atoms with van der Waals surface area (Å²) in [4.78, 5) is 2.38. The first kappa shape index (κ1) is 15.0. The van der Waals surface area contributed by atoms with E-state index in [4.69, 9.17) is 9.47 Å². The second kappa shape index (κ2) is 6.88. The van der Waals surface area contributed by atoms with Gasteiger partial charge in [0.2, 0.25) is 0 Å². The summed E-state index contributed by atoms with van der Waals surface area (Å²) in [6.07, 6.45) is 1.92. The Balaban J connectivity index is 1.51. The summed E-state index contributed by atoms with van der Waals surface area (Å²) < 4.78 is 11.2. The van der Waals surface area contributed by atoms with Gasteiger partial charge in [0, 0.05) is 25.7 Å². The molecular formula is C17H25NO3. The van der Waals surface area contributed by atoms with E-state index < -0.39 is 0 Å². The van der Waals surface area contributed by atoms with E-state index >= 15 is 0 Å². The highest BCUT2D eigenvalue weighted by atomic mass is 16.5. The third-order valence-electron chi connectivity index (χ3n) is 4.60. The van der Waals surface area contributed by atoms with Crippen LogP contribution >= 0.6 is 0 Å². The number of aliphatic hydroxyl groups is 1. The lowest BCUT2D eigenvalue weighted by molar-refractivity contribution is 0.00482. The van der Waals surface area contributed by atoms with Crippen LogP contribution in [0.25, 0.3) is 0 Å². The van der Waals surface area contributed by atoms with Crippen LogP contribution in [0.2, 0.25) is 0 Å². The number of benzene rings is 1. The van der Waals surface area contributed by atoms with Crippen molar-refractivity contribution in [2.24, 2.45) is 0 Å². The molecule has 1 aromatic rings. The summed E-state index contributed by atoms with van der Waals surface area (Å²) in [5, 5.41) is 10.5. The average molecular weight is 291 g/mol. The zero-order valence-corrected chi connectivity index (χ0v) is 12.7. The molecule has 2 aliphatic rings. The minimum absolute atomic E-state index is 0.211. The maximum Gasteiger partial charge on any atom is 0.0951 e. The Labute approximate surface area is 126 Å². The maximum absolute atomic E-state index is 10.5. The molecule has 4 heteroatoms. The van der Waals surface area contributed by atoms with Crippen molar-refractivity contribution in [1.82, 2.24) is 4.90 Å². The van der Waals surface area contributed by atoms with Gasteiger partial charge in [0.25, 0.3) is 0 Å². The standard InChI is InChI=1S/C17H25NO3/c1-2-20-9-10-21-14-7-8-18(12-14)16-11-13-5-3-4-6-15(13)17(16)19/h3-6,14,16-17,19H,2,7-12H2,1H3/t14-,16?,17?/m0/s1. The van der Waals surface area contributed by atoms with E-state index in [0.717, 1.165) is 38.1 Å². The summed E-state index contributed by atoms with van der Waals surface area (Å²) in [5.41, 5.74) is 2.39. The van der Waals surface area contributed by atoms with Crippen LogP contribution in [0.3, 0.4) is 0 Å². The number of hydrogen-bond donors (Lipinski definition) is 1. The fourth-order valence-electron chi connectivity index (χ4n) is 3.49. The van der Waals surface area contributed by atoms with Gasteiger partial charge in [0.1, 0.15) is 0 Å². The fourth-order valence-corrected chi connectivity index (χ4v) is 3.49. The SMILES string of the molecule is CCOCCO[C@H]1CCN(C2Cc3ccccc3C2O)C1. The van der Waals surface area contributed by atoms with Crippen LogP contribution in [0.15, 0.2) is 24.3 Å². The molecule has 1 aliphatic heterocycles. The van der Waals surface area contributed by atoms with Gasteiger partial charge in [-0.3, -0.25) is 4.90 Å². The van der Waals surface area contributed by atoms with E-state index in [0.29, 0.717) is 13.2 Å². The number of rotatable bonds is 6. The summed E-state index contributed by atoms with van der Waals surface area (Å²) in [6.45, 7) is 6.00. The molecule has 1 heterocycles. The van der Waals surface area contributed by atoms with Crippen LogP contribution in [-0.2, 0) is 15.9 Å². The van der Waals surface area contributed by atoms with Crippen molar-refractivity contribution in [3.05, 3.63) is 35.4 Å². The van der Waals surface area contributed by atoms with Gasteiger partial charge in [-0.1, -0.05) is 24.3 Å². The molecule has 1 aromatic carbocycles. The van der Waals surface area contributed by atoms with Crippen molar-refractivity contribution < 1.29 is 14.6 Å². The number of hydrogen-bond acceptors (Lipinski definition) is 4. The molecule has 1 aliphatic carbocycles. The van der Waals surface area contributed by atoms with Crippen LogP contribution in [0, 0.1) is 0 Å². The summed E-state index contributed by atoms with van der Waals surface area (Å²) in [5.74, 6) is 0. The van der Waals surface area contributed by atoms with Gasteiger partial charge >= 0.3 is 0 Å². The van der Waals surface area contributed by atoms with Crippen LogP contribution in [0.5, 0.6) is 0 Å². The Morgan fingerprint density at radius 2 is 2.14 bits per heavy atom. The van der Waals surface area contributed by atoms with E-state index in [9.17, 15) is 5.11 Å². The quantitative estimate of drug-likeness (QED) is 0.811. The summed E-state index contributed by atoms with van der Waals surface area (Å²) in [6, 6.07) is 8.45. The van der Waals surface area contributed by atoms with Gasteiger partial charge < -0.3 is 14.6 Å². The molecule has 1 fully saturated rings. The average Bonchev–Trinajstić information content (AvgIpc) is 3.09. The molecule has 21 heavy (non-hydrogen) atoms. The van der Waals surface area contributed by atoms with Gasteiger partial charge in [-0.2, -0.15) is 0 Å². The predicted molar refractivity (Wildman–Crippen MR) is 81.3 cm³/mol. The van der Waals surface area contributed by atoms with Crippen LogP contribution < -0.4 is 0 Å². The van der Waals surface area contributed by atoms with E-state index in [-0.39, 0.29) is 18.2 Å². The normalized spacial score (nSPS) is 29.0. The van der Waals surface area contributed by atoms with Gasteiger partial charge in [-0.05, 0) is 30.9 Å². The lowest BCUT2D eigenvalue weighted by Gasteiger charge is -2.26. The molecule has 2 unspecified atom stereocenters. The Morgan fingerprint density at radius 1 is 1.29 bits per heavy atom. The van der Waals surface area contributed by atoms with Crippen molar-refractivity contribution in [2.75, 3.05) is 32.9 Å². The first-order valence-corrected chi connectivity index (χ1v) is 7.99. The molecule has 0 spiro atoms. The Kier molecular flexibility index (Phi) is 4.91. The Morgan fingerprint density at radius 3 is 2.95 bits per heavy atom. The zero-order valence-electron chi connectivity index (χ0n) is 12.7. The molecule has 116 valence electrons. The molecule has 0 saturated carbocycles. The second-order valence-corrected chi connectivity index (χ2v) is 5.89. The molecule has 0 radical (unpaired) electrons. The Bertz CT molecular complexity index is 465. The number of fused-ring (bicyclic) bond motifs is 1. The third-order valence-corrected chi connectivity index (χ3v) is 4.60.